The topological polar surface area (TPSA) is 61.7 Å². The van der Waals surface area contributed by atoms with E-state index < -0.39 is 0 Å². The second-order valence-electron chi connectivity index (χ2n) is 1.93. The molecule has 0 saturated carbocycles. The van der Waals surface area contributed by atoms with Crippen molar-refractivity contribution in [3.05, 3.63) is 40.5 Å². The standard InChI is InChI=1S/C8H6N4/c9-12-11-6-2-4-8-3-1-5-10-7-8/h1,3,5,7H,6H2. The lowest BCUT2D eigenvalue weighted by atomic mass is 10.3. The highest BCUT2D eigenvalue weighted by molar-refractivity contribution is 5.31. The summed E-state index contributed by atoms with van der Waals surface area (Å²) in [5, 5.41) is 3.27. The van der Waals surface area contributed by atoms with E-state index in [1.54, 1.807) is 18.5 Å². The number of azide groups is 1. The molecule has 4 heteroatoms. The maximum absolute atomic E-state index is 7.94. The summed E-state index contributed by atoms with van der Waals surface area (Å²) in [6.07, 6.45) is 3.34. The molecule has 0 spiro atoms. The molecule has 0 saturated heterocycles. The third kappa shape index (κ3) is 2.74. The van der Waals surface area contributed by atoms with Gasteiger partial charge in [0.05, 0.1) is 6.54 Å². The van der Waals surface area contributed by atoms with E-state index in [0.29, 0.717) is 0 Å². The average Bonchev–Trinajstić information content (AvgIpc) is 2.14. The second kappa shape index (κ2) is 4.78. The van der Waals surface area contributed by atoms with Gasteiger partial charge in [0.25, 0.3) is 0 Å². The summed E-state index contributed by atoms with van der Waals surface area (Å²) in [6, 6.07) is 3.65. The largest absolute Gasteiger partial charge is 0.263 e. The fraction of sp³-hybridized carbons (Fsp3) is 0.125. The molecule has 4 nitrogen and oxygen atoms in total. The highest BCUT2D eigenvalue weighted by Gasteiger charge is 1.80. The van der Waals surface area contributed by atoms with Gasteiger partial charge in [-0.05, 0) is 17.7 Å². The van der Waals surface area contributed by atoms with Crippen molar-refractivity contribution >= 4 is 0 Å². The Morgan fingerprint density at radius 3 is 3.25 bits per heavy atom. The van der Waals surface area contributed by atoms with E-state index in [9.17, 15) is 0 Å². The molecular formula is C8H6N4. The SMILES string of the molecule is [N-]=[N+]=NCC#Cc1cccnc1. The van der Waals surface area contributed by atoms with E-state index in [4.69, 9.17) is 5.53 Å². The van der Waals surface area contributed by atoms with Crippen LogP contribution in [0.1, 0.15) is 5.56 Å². The first-order valence-electron chi connectivity index (χ1n) is 3.33. The number of pyridine rings is 1. The molecule has 12 heavy (non-hydrogen) atoms. The Hall–Kier alpha value is -1.98. The Morgan fingerprint density at radius 1 is 1.67 bits per heavy atom. The first-order valence-corrected chi connectivity index (χ1v) is 3.33. The van der Waals surface area contributed by atoms with Crippen LogP contribution in [0.5, 0.6) is 0 Å². The summed E-state index contributed by atoms with van der Waals surface area (Å²) in [5.41, 5.74) is 8.77. The summed E-state index contributed by atoms with van der Waals surface area (Å²) in [5.74, 6) is 5.49. The van der Waals surface area contributed by atoms with Crippen LogP contribution in [0.2, 0.25) is 0 Å². The van der Waals surface area contributed by atoms with Crippen LogP contribution in [0.3, 0.4) is 0 Å². The van der Waals surface area contributed by atoms with Crippen molar-refractivity contribution in [2.45, 2.75) is 0 Å². The van der Waals surface area contributed by atoms with Gasteiger partial charge in [0.2, 0.25) is 0 Å². The molecule has 0 amide bonds. The molecule has 1 aromatic rings. The van der Waals surface area contributed by atoms with Crippen molar-refractivity contribution < 1.29 is 0 Å². The Bertz CT molecular complexity index is 340. The molecule has 1 aromatic heterocycles. The van der Waals surface area contributed by atoms with Gasteiger partial charge >= 0.3 is 0 Å². The number of nitrogens with zero attached hydrogens (tertiary/aromatic N) is 4. The monoisotopic (exact) mass is 158 g/mol. The van der Waals surface area contributed by atoms with E-state index in [0.717, 1.165) is 5.56 Å². The highest BCUT2D eigenvalue weighted by atomic mass is 15.1. The molecule has 0 atom stereocenters. The van der Waals surface area contributed by atoms with Crippen LogP contribution >= 0.6 is 0 Å². The van der Waals surface area contributed by atoms with Gasteiger partial charge < -0.3 is 0 Å². The fourth-order valence-corrected chi connectivity index (χ4v) is 0.645. The molecule has 0 fully saturated rings. The highest BCUT2D eigenvalue weighted by Crippen LogP contribution is 1.90. The summed E-state index contributed by atoms with van der Waals surface area (Å²) >= 11 is 0. The van der Waals surface area contributed by atoms with Crippen LogP contribution in [0.4, 0.5) is 0 Å². The van der Waals surface area contributed by atoms with Crippen molar-refractivity contribution in [3.63, 3.8) is 0 Å². The van der Waals surface area contributed by atoms with Gasteiger partial charge in [-0.1, -0.05) is 17.0 Å². The number of hydrogen-bond donors (Lipinski definition) is 0. The maximum Gasteiger partial charge on any atom is 0.0880 e. The Kier molecular flexibility index (Phi) is 3.23. The molecule has 0 radical (unpaired) electrons. The molecule has 0 bridgehead atoms. The van der Waals surface area contributed by atoms with Gasteiger partial charge in [-0.25, -0.2) is 0 Å². The molecule has 58 valence electrons. The zero-order valence-electron chi connectivity index (χ0n) is 6.31. The summed E-state index contributed by atoms with van der Waals surface area (Å²) < 4.78 is 0. The summed E-state index contributed by atoms with van der Waals surface area (Å²) in [7, 11) is 0. The number of aromatic nitrogens is 1. The van der Waals surface area contributed by atoms with Crippen LogP contribution in [0.25, 0.3) is 10.4 Å². The second-order valence-corrected chi connectivity index (χ2v) is 1.93. The van der Waals surface area contributed by atoms with Gasteiger partial charge in [0, 0.05) is 22.9 Å². The molecule has 0 unspecified atom stereocenters. The minimum Gasteiger partial charge on any atom is -0.263 e. The molecule has 0 aliphatic carbocycles. The van der Waals surface area contributed by atoms with Crippen LogP contribution in [-0.4, -0.2) is 11.5 Å². The van der Waals surface area contributed by atoms with Crippen molar-refractivity contribution in [1.29, 1.82) is 0 Å². The number of hydrogen-bond acceptors (Lipinski definition) is 2. The van der Waals surface area contributed by atoms with Gasteiger partial charge in [0.15, 0.2) is 0 Å². The average molecular weight is 158 g/mol. The maximum atomic E-state index is 7.94. The van der Waals surface area contributed by atoms with Gasteiger partial charge in [-0.15, -0.1) is 0 Å². The Labute approximate surface area is 69.9 Å². The molecule has 0 aliphatic rings. The van der Waals surface area contributed by atoms with Gasteiger partial charge in [-0.3, -0.25) is 4.98 Å². The lowest BCUT2D eigenvalue weighted by Crippen LogP contribution is -1.75. The van der Waals surface area contributed by atoms with Gasteiger partial charge in [0.1, 0.15) is 0 Å². The smallest absolute Gasteiger partial charge is 0.0880 e. The van der Waals surface area contributed by atoms with E-state index >= 15 is 0 Å². The van der Waals surface area contributed by atoms with Crippen LogP contribution in [-0.2, 0) is 0 Å². The van der Waals surface area contributed by atoms with Crippen molar-refractivity contribution in [2.75, 3.05) is 6.54 Å². The summed E-state index contributed by atoms with van der Waals surface area (Å²) in [4.78, 5) is 6.45. The van der Waals surface area contributed by atoms with E-state index in [-0.39, 0.29) is 6.54 Å². The quantitative estimate of drug-likeness (QED) is 0.266. The number of rotatable bonds is 1. The van der Waals surface area contributed by atoms with Crippen molar-refractivity contribution in [3.8, 4) is 11.8 Å². The predicted octanol–water partition coefficient (Wildman–Crippen LogP) is 1.74. The van der Waals surface area contributed by atoms with Crippen LogP contribution in [0.15, 0.2) is 29.6 Å². The molecule has 1 rings (SSSR count). The lowest BCUT2D eigenvalue weighted by molar-refractivity contribution is 1.25. The first kappa shape index (κ1) is 8.12. The predicted molar refractivity (Wildman–Crippen MR) is 45.1 cm³/mol. The fourth-order valence-electron chi connectivity index (χ4n) is 0.645. The first-order chi connectivity index (χ1) is 5.93. The molecule has 1 heterocycles. The lowest BCUT2D eigenvalue weighted by Gasteiger charge is -1.83. The normalized spacial score (nSPS) is 7.67. The van der Waals surface area contributed by atoms with Gasteiger partial charge in [-0.2, -0.15) is 0 Å². The zero-order valence-corrected chi connectivity index (χ0v) is 6.31. The third-order valence-electron chi connectivity index (χ3n) is 1.11. The summed E-state index contributed by atoms with van der Waals surface area (Å²) in [6.45, 7) is 0.200. The van der Waals surface area contributed by atoms with E-state index in [1.807, 2.05) is 6.07 Å². The van der Waals surface area contributed by atoms with Crippen LogP contribution in [0, 0.1) is 11.8 Å². The van der Waals surface area contributed by atoms with Crippen LogP contribution < -0.4 is 0 Å². The minimum absolute atomic E-state index is 0.200. The molecular weight excluding hydrogens is 152 g/mol. The van der Waals surface area contributed by atoms with E-state index in [1.165, 1.54) is 0 Å². The molecule has 0 N–H and O–H groups in total. The minimum atomic E-state index is 0.200. The Morgan fingerprint density at radius 2 is 2.58 bits per heavy atom. The third-order valence-corrected chi connectivity index (χ3v) is 1.11. The van der Waals surface area contributed by atoms with Crippen molar-refractivity contribution in [1.82, 2.24) is 4.98 Å². The molecule has 0 aliphatic heterocycles. The molecule has 0 aromatic carbocycles. The van der Waals surface area contributed by atoms with Crippen molar-refractivity contribution in [2.24, 2.45) is 5.11 Å². The van der Waals surface area contributed by atoms with E-state index in [2.05, 4.69) is 26.9 Å². The Balaban J connectivity index is 2.61. The zero-order chi connectivity index (χ0) is 8.65.